The predicted octanol–water partition coefficient (Wildman–Crippen LogP) is 0.233. The summed E-state index contributed by atoms with van der Waals surface area (Å²) in [6.07, 6.45) is 3.81. The molecule has 20 heavy (non-hydrogen) atoms. The minimum Gasteiger partial charge on any atom is -0.465 e. The Morgan fingerprint density at radius 3 is 3.00 bits per heavy atom. The summed E-state index contributed by atoms with van der Waals surface area (Å²) in [5.41, 5.74) is 6.46. The van der Waals surface area contributed by atoms with E-state index in [1.54, 1.807) is 6.33 Å². The van der Waals surface area contributed by atoms with Gasteiger partial charge >= 0.3 is 5.97 Å². The van der Waals surface area contributed by atoms with Crippen molar-refractivity contribution in [1.82, 2.24) is 19.7 Å². The second-order valence-electron chi connectivity index (χ2n) is 4.15. The van der Waals surface area contributed by atoms with E-state index in [-0.39, 0.29) is 5.69 Å². The van der Waals surface area contributed by atoms with E-state index in [0.717, 1.165) is 5.82 Å². The zero-order valence-corrected chi connectivity index (χ0v) is 11.3. The van der Waals surface area contributed by atoms with E-state index in [1.807, 2.05) is 11.6 Å². The van der Waals surface area contributed by atoms with Gasteiger partial charge in [0.05, 0.1) is 18.4 Å². The van der Waals surface area contributed by atoms with Crippen LogP contribution in [-0.4, -0.2) is 39.4 Å². The number of carbonyl (C=O) groups excluding carboxylic acids is 1. The van der Waals surface area contributed by atoms with Crippen LogP contribution in [0, 0.1) is 0 Å². The van der Waals surface area contributed by atoms with Gasteiger partial charge in [0.1, 0.15) is 18.0 Å². The van der Waals surface area contributed by atoms with Gasteiger partial charge in [-0.05, 0) is 6.07 Å². The second-order valence-corrected chi connectivity index (χ2v) is 4.15. The molecule has 0 aliphatic carbocycles. The molecule has 0 fully saturated rings. The standard InChI is InChI=1S/C12H16N6O2/c1-18-7-16-17-9(18)4-6-15-11-10(13)8(3-5-14-11)12(19)20-2/h3,5,7H,4,6,13H2,1-2H3,(H,14,15). The first-order valence-corrected chi connectivity index (χ1v) is 6.03. The maximum absolute atomic E-state index is 11.5. The molecule has 2 heterocycles. The van der Waals surface area contributed by atoms with E-state index in [0.29, 0.717) is 24.3 Å². The second kappa shape index (κ2) is 6.00. The Kier molecular flexibility index (Phi) is 4.14. The first-order valence-electron chi connectivity index (χ1n) is 6.03. The van der Waals surface area contributed by atoms with E-state index >= 15 is 0 Å². The van der Waals surface area contributed by atoms with E-state index in [4.69, 9.17) is 5.73 Å². The Bertz CT molecular complexity index is 610. The minimum atomic E-state index is -0.485. The number of anilines is 2. The lowest BCUT2D eigenvalue weighted by molar-refractivity contribution is 0.0602. The third kappa shape index (κ3) is 2.85. The molecule has 0 bridgehead atoms. The molecular weight excluding hydrogens is 260 g/mol. The maximum Gasteiger partial charge on any atom is 0.340 e. The van der Waals surface area contributed by atoms with Crippen LogP contribution in [0.4, 0.5) is 11.5 Å². The third-order valence-electron chi connectivity index (χ3n) is 2.84. The normalized spacial score (nSPS) is 10.3. The number of aryl methyl sites for hydroxylation is 1. The first-order chi connectivity index (χ1) is 9.63. The van der Waals surface area contributed by atoms with Gasteiger partial charge in [-0.15, -0.1) is 10.2 Å². The van der Waals surface area contributed by atoms with Gasteiger partial charge < -0.3 is 20.4 Å². The number of carbonyl (C=O) groups is 1. The molecule has 8 nitrogen and oxygen atoms in total. The van der Waals surface area contributed by atoms with Gasteiger partial charge in [-0.3, -0.25) is 0 Å². The summed E-state index contributed by atoms with van der Waals surface area (Å²) in [6.45, 7) is 0.578. The summed E-state index contributed by atoms with van der Waals surface area (Å²) in [5, 5.41) is 10.8. The van der Waals surface area contributed by atoms with Gasteiger partial charge in [0, 0.05) is 26.2 Å². The molecule has 2 aromatic rings. The van der Waals surface area contributed by atoms with Crippen molar-refractivity contribution in [2.75, 3.05) is 24.7 Å². The molecule has 3 N–H and O–H groups in total. The van der Waals surface area contributed by atoms with Gasteiger partial charge in [-0.2, -0.15) is 0 Å². The van der Waals surface area contributed by atoms with E-state index in [1.165, 1.54) is 19.4 Å². The molecule has 0 aromatic carbocycles. The molecule has 0 saturated carbocycles. The fourth-order valence-corrected chi connectivity index (χ4v) is 1.73. The fraction of sp³-hybridized carbons (Fsp3) is 0.333. The number of aromatic nitrogens is 4. The van der Waals surface area contributed by atoms with Crippen LogP contribution >= 0.6 is 0 Å². The van der Waals surface area contributed by atoms with Crippen LogP contribution in [0.5, 0.6) is 0 Å². The Balaban J connectivity index is 2.03. The Morgan fingerprint density at radius 2 is 2.35 bits per heavy atom. The summed E-state index contributed by atoms with van der Waals surface area (Å²) in [4.78, 5) is 15.6. The number of nitrogens with two attached hydrogens (primary N) is 1. The highest BCUT2D eigenvalue weighted by molar-refractivity contribution is 5.97. The molecule has 0 atom stereocenters. The van der Waals surface area contributed by atoms with Gasteiger partial charge in [-0.25, -0.2) is 9.78 Å². The van der Waals surface area contributed by atoms with Crippen LogP contribution in [0.25, 0.3) is 0 Å². The average Bonchev–Trinajstić information content (AvgIpc) is 2.85. The molecule has 0 aliphatic rings. The van der Waals surface area contributed by atoms with Gasteiger partial charge in [0.25, 0.3) is 0 Å². The van der Waals surface area contributed by atoms with E-state index in [2.05, 4.69) is 25.2 Å². The van der Waals surface area contributed by atoms with Crippen molar-refractivity contribution in [2.24, 2.45) is 7.05 Å². The molecule has 2 aromatic heterocycles. The molecule has 0 radical (unpaired) electrons. The van der Waals surface area contributed by atoms with Crippen LogP contribution < -0.4 is 11.1 Å². The lowest BCUT2D eigenvalue weighted by Gasteiger charge is -2.10. The van der Waals surface area contributed by atoms with Crippen molar-refractivity contribution >= 4 is 17.5 Å². The van der Waals surface area contributed by atoms with E-state index < -0.39 is 5.97 Å². The maximum atomic E-state index is 11.5. The topological polar surface area (TPSA) is 108 Å². The molecule has 0 spiro atoms. The predicted molar refractivity (Wildman–Crippen MR) is 73.2 cm³/mol. The molecule has 0 amide bonds. The fourth-order valence-electron chi connectivity index (χ4n) is 1.73. The van der Waals surface area contributed by atoms with Gasteiger partial charge in [-0.1, -0.05) is 0 Å². The molecule has 2 rings (SSSR count). The Hall–Kier alpha value is -2.64. The summed E-state index contributed by atoms with van der Waals surface area (Å²) in [7, 11) is 3.18. The number of nitrogen functional groups attached to an aromatic ring is 1. The summed E-state index contributed by atoms with van der Waals surface area (Å²) in [5.74, 6) is 0.816. The van der Waals surface area contributed by atoms with Gasteiger partial charge in [0.15, 0.2) is 0 Å². The van der Waals surface area contributed by atoms with Crippen molar-refractivity contribution < 1.29 is 9.53 Å². The van der Waals surface area contributed by atoms with Crippen molar-refractivity contribution in [3.8, 4) is 0 Å². The third-order valence-corrected chi connectivity index (χ3v) is 2.84. The monoisotopic (exact) mass is 276 g/mol. The number of ether oxygens (including phenoxy) is 1. The highest BCUT2D eigenvalue weighted by Crippen LogP contribution is 2.20. The SMILES string of the molecule is COC(=O)c1ccnc(NCCc2nncn2C)c1N. The quantitative estimate of drug-likeness (QED) is 0.753. The molecular formula is C12H16N6O2. The number of methoxy groups -OCH3 is 1. The first kappa shape index (κ1) is 13.8. The van der Waals surface area contributed by atoms with Crippen LogP contribution in [0.2, 0.25) is 0 Å². The summed E-state index contributed by atoms with van der Waals surface area (Å²) < 4.78 is 6.49. The molecule has 0 saturated heterocycles. The number of hydrogen-bond acceptors (Lipinski definition) is 7. The smallest absolute Gasteiger partial charge is 0.340 e. The Labute approximate surface area is 116 Å². The lowest BCUT2D eigenvalue weighted by atomic mass is 10.2. The number of rotatable bonds is 5. The largest absolute Gasteiger partial charge is 0.465 e. The minimum absolute atomic E-state index is 0.275. The van der Waals surface area contributed by atoms with Crippen molar-refractivity contribution in [3.05, 3.63) is 30.0 Å². The number of hydrogen-bond donors (Lipinski definition) is 2. The lowest BCUT2D eigenvalue weighted by Crippen LogP contribution is -2.13. The molecule has 0 aliphatic heterocycles. The number of pyridine rings is 1. The zero-order chi connectivity index (χ0) is 14.5. The average molecular weight is 276 g/mol. The van der Waals surface area contributed by atoms with Crippen LogP contribution in [0.15, 0.2) is 18.6 Å². The van der Waals surface area contributed by atoms with Crippen LogP contribution in [0.1, 0.15) is 16.2 Å². The van der Waals surface area contributed by atoms with Gasteiger partial charge in [0.2, 0.25) is 0 Å². The van der Waals surface area contributed by atoms with E-state index in [9.17, 15) is 4.79 Å². The zero-order valence-electron chi connectivity index (χ0n) is 11.3. The highest BCUT2D eigenvalue weighted by Gasteiger charge is 2.13. The van der Waals surface area contributed by atoms with Crippen molar-refractivity contribution in [2.45, 2.75) is 6.42 Å². The summed E-state index contributed by atoms with van der Waals surface area (Å²) in [6, 6.07) is 1.52. The number of nitrogens with one attached hydrogen (secondary N) is 1. The number of nitrogens with zero attached hydrogens (tertiary/aromatic N) is 4. The molecule has 8 heteroatoms. The number of esters is 1. The van der Waals surface area contributed by atoms with Crippen molar-refractivity contribution in [1.29, 1.82) is 0 Å². The Morgan fingerprint density at radius 1 is 1.55 bits per heavy atom. The van der Waals surface area contributed by atoms with Crippen molar-refractivity contribution in [3.63, 3.8) is 0 Å². The molecule has 0 unspecified atom stereocenters. The highest BCUT2D eigenvalue weighted by atomic mass is 16.5. The molecule has 106 valence electrons. The van der Waals surface area contributed by atoms with Crippen LogP contribution in [0.3, 0.4) is 0 Å². The van der Waals surface area contributed by atoms with Crippen LogP contribution in [-0.2, 0) is 18.2 Å². The summed E-state index contributed by atoms with van der Waals surface area (Å²) >= 11 is 0.